The van der Waals surface area contributed by atoms with E-state index in [1.54, 1.807) is 20.8 Å². The largest absolute Gasteiger partial charge is 0.481 e. The number of carbonyl (C=O) groups is 1. The van der Waals surface area contributed by atoms with Gasteiger partial charge < -0.3 is 5.11 Å². The summed E-state index contributed by atoms with van der Waals surface area (Å²) in [7, 11) is -3.27. The Bertz CT molecular complexity index is 316. The predicted molar refractivity (Wildman–Crippen MR) is 62.8 cm³/mol. The molecule has 0 fully saturated rings. The Morgan fingerprint density at radius 2 is 1.75 bits per heavy atom. The number of sulfonamides is 1. The smallest absolute Gasteiger partial charge is 0.303 e. The highest BCUT2D eigenvalue weighted by Crippen LogP contribution is 2.12. The van der Waals surface area contributed by atoms with E-state index >= 15 is 0 Å². The van der Waals surface area contributed by atoms with Gasteiger partial charge in [0.15, 0.2) is 0 Å². The van der Waals surface area contributed by atoms with Gasteiger partial charge in [-0.1, -0.05) is 6.42 Å². The molecule has 0 unspecified atom stereocenters. The summed E-state index contributed by atoms with van der Waals surface area (Å²) in [6.45, 7) is 5.29. The maximum atomic E-state index is 11.6. The topological polar surface area (TPSA) is 83.5 Å². The van der Waals surface area contributed by atoms with Gasteiger partial charge in [0, 0.05) is 13.0 Å². The Balaban J connectivity index is 3.72. The van der Waals surface area contributed by atoms with Crippen LogP contribution in [0.3, 0.4) is 0 Å². The van der Waals surface area contributed by atoms with Crippen LogP contribution in [0.15, 0.2) is 0 Å². The van der Waals surface area contributed by atoms with Crippen molar-refractivity contribution >= 4 is 16.0 Å². The number of unbranched alkanes of at least 4 members (excludes halogenated alkanes) is 2. The Kier molecular flexibility index (Phi) is 5.96. The summed E-state index contributed by atoms with van der Waals surface area (Å²) in [4.78, 5) is 10.2. The summed E-state index contributed by atoms with van der Waals surface area (Å²) < 4.78 is 24.9. The van der Waals surface area contributed by atoms with Gasteiger partial charge in [-0.15, -0.1) is 0 Å². The van der Waals surface area contributed by atoms with Crippen LogP contribution in [0.1, 0.15) is 46.5 Å². The second-order valence-corrected chi connectivity index (χ2v) is 7.23. The molecule has 0 aliphatic rings. The minimum Gasteiger partial charge on any atom is -0.481 e. The zero-order valence-corrected chi connectivity index (χ0v) is 10.9. The highest BCUT2D eigenvalue weighted by atomic mass is 32.2. The monoisotopic (exact) mass is 251 g/mol. The van der Waals surface area contributed by atoms with Gasteiger partial charge in [0.2, 0.25) is 10.0 Å². The predicted octanol–water partition coefficient (Wildman–Crippen LogP) is 1.35. The minimum atomic E-state index is -3.27. The summed E-state index contributed by atoms with van der Waals surface area (Å²) in [5, 5.41) is 8.39. The first-order valence-electron chi connectivity index (χ1n) is 5.38. The number of aliphatic carboxylic acids is 1. The van der Waals surface area contributed by atoms with Crippen LogP contribution in [0.2, 0.25) is 0 Å². The molecular weight excluding hydrogens is 230 g/mol. The quantitative estimate of drug-likeness (QED) is 0.669. The summed E-state index contributed by atoms with van der Waals surface area (Å²) in [6, 6.07) is 0. The standard InChI is InChI=1S/C10H21NO4S/c1-10(2,3)16(14,15)11-8-6-4-5-7-9(12)13/h11H,4-8H2,1-3H3,(H,12,13). The first kappa shape index (κ1) is 15.4. The van der Waals surface area contributed by atoms with E-state index in [0.717, 1.165) is 6.42 Å². The van der Waals surface area contributed by atoms with E-state index in [2.05, 4.69) is 4.72 Å². The zero-order chi connectivity index (χ0) is 12.8. The molecule has 0 amide bonds. The summed E-state index contributed by atoms with van der Waals surface area (Å²) in [6.07, 6.45) is 2.13. The highest BCUT2D eigenvalue weighted by molar-refractivity contribution is 7.90. The average molecular weight is 251 g/mol. The van der Waals surface area contributed by atoms with Crippen LogP contribution >= 0.6 is 0 Å². The first-order chi connectivity index (χ1) is 7.17. The normalized spacial score (nSPS) is 12.7. The second kappa shape index (κ2) is 6.20. The molecule has 16 heavy (non-hydrogen) atoms. The van der Waals surface area contributed by atoms with Crippen LogP contribution in [-0.4, -0.2) is 30.8 Å². The van der Waals surface area contributed by atoms with Gasteiger partial charge in [-0.3, -0.25) is 4.79 Å². The summed E-state index contributed by atoms with van der Waals surface area (Å²) >= 11 is 0. The lowest BCUT2D eigenvalue weighted by molar-refractivity contribution is -0.137. The van der Waals surface area contributed by atoms with Crippen LogP contribution in [0.25, 0.3) is 0 Å². The van der Waals surface area contributed by atoms with Crippen molar-refractivity contribution in [3.63, 3.8) is 0 Å². The van der Waals surface area contributed by atoms with Gasteiger partial charge in [0.05, 0.1) is 4.75 Å². The number of hydrogen-bond donors (Lipinski definition) is 2. The van der Waals surface area contributed by atoms with E-state index in [0.29, 0.717) is 19.4 Å². The highest BCUT2D eigenvalue weighted by Gasteiger charge is 2.27. The molecule has 6 heteroatoms. The van der Waals surface area contributed by atoms with Crippen molar-refractivity contribution in [3.05, 3.63) is 0 Å². The second-order valence-electron chi connectivity index (χ2n) is 4.71. The molecule has 0 saturated carbocycles. The van der Waals surface area contributed by atoms with Crippen molar-refractivity contribution in [3.8, 4) is 0 Å². The lowest BCUT2D eigenvalue weighted by Gasteiger charge is -2.19. The number of carboxylic acid groups (broad SMARTS) is 1. The van der Waals surface area contributed by atoms with Crippen molar-refractivity contribution in [1.29, 1.82) is 0 Å². The fourth-order valence-electron chi connectivity index (χ4n) is 1.00. The van der Waals surface area contributed by atoms with Gasteiger partial charge in [-0.05, 0) is 33.6 Å². The van der Waals surface area contributed by atoms with Gasteiger partial charge in [-0.2, -0.15) is 0 Å². The van der Waals surface area contributed by atoms with Crippen molar-refractivity contribution in [1.82, 2.24) is 4.72 Å². The molecule has 5 nitrogen and oxygen atoms in total. The van der Waals surface area contributed by atoms with Crippen LogP contribution in [0.5, 0.6) is 0 Å². The Labute approximate surface area is 97.3 Å². The summed E-state index contributed by atoms with van der Waals surface area (Å²) in [5.41, 5.74) is 0. The van der Waals surface area contributed by atoms with Crippen molar-refractivity contribution in [2.24, 2.45) is 0 Å². The first-order valence-corrected chi connectivity index (χ1v) is 6.86. The van der Waals surface area contributed by atoms with E-state index < -0.39 is 20.7 Å². The van der Waals surface area contributed by atoms with Gasteiger partial charge in [0.1, 0.15) is 0 Å². The van der Waals surface area contributed by atoms with E-state index in [-0.39, 0.29) is 6.42 Å². The van der Waals surface area contributed by atoms with Gasteiger partial charge >= 0.3 is 5.97 Å². The average Bonchev–Trinajstić information content (AvgIpc) is 2.08. The molecule has 0 aromatic carbocycles. The molecule has 96 valence electrons. The zero-order valence-electron chi connectivity index (χ0n) is 10.1. The van der Waals surface area contributed by atoms with E-state index in [9.17, 15) is 13.2 Å². The molecule has 0 aliphatic carbocycles. The lowest BCUT2D eigenvalue weighted by atomic mass is 10.2. The third-order valence-electron chi connectivity index (χ3n) is 2.17. The summed E-state index contributed by atoms with van der Waals surface area (Å²) in [5.74, 6) is -0.810. The third kappa shape index (κ3) is 6.07. The van der Waals surface area contributed by atoms with E-state index in [1.165, 1.54) is 0 Å². The van der Waals surface area contributed by atoms with Crippen molar-refractivity contribution < 1.29 is 18.3 Å². The molecule has 0 heterocycles. The van der Waals surface area contributed by atoms with Crippen molar-refractivity contribution in [2.45, 2.75) is 51.2 Å². The molecule has 0 spiro atoms. The van der Waals surface area contributed by atoms with Crippen LogP contribution < -0.4 is 4.72 Å². The third-order valence-corrected chi connectivity index (χ3v) is 4.36. The van der Waals surface area contributed by atoms with E-state index in [1.807, 2.05) is 0 Å². The molecule has 0 atom stereocenters. The van der Waals surface area contributed by atoms with Crippen LogP contribution in [0.4, 0.5) is 0 Å². The number of carboxylic acids is 1. The van der Waals surface area contributed by atoms with Crippen molar-refractivity contribution in [2.75, 3.05) is 6.54 Å². The fraction of sp³-hybridized carbons (Fsp3) is 0.900. The fourth-order valence-corrected chi connectivity index (χ4v) is 1.85. The molecule has 0 rings (SSSR count). The van der Waals surface area contributed by atoms with E-state index in [4.69, 9.17) is 5.11 Å². The van der Waals surface area contributed by atoms with Gasteiger partial charge in [0.25, 0.3) is 0 Å². The van der Waals surface area contributed by atoms with Crippen LogP contribution in [0, 0.1) is 0 Å². The molecule has 0 bridgehead atoms. The Hall–Kier alpha value is -0.620. The number of nitrogens with one attached hydrogen (secondary N) is 1. The Morgan fingerprint density at radius 3 is 2.19 bits per heavy atom. The lowest BCUT2D eigenvalue weighted by Crippen LogP contribution is -2.39. The number of hydrogen-bond acceptors (Lipinski definition) is 3. The Morgan fingerprint density at radius 1 is 1.19 bits per heavy atom. The minimum absolute atomic E-state index is 0.145. The molecule has 0 aromatic rings. The molecule has 2 N–H and O–H groups in total. The maximum absolute atomic E-state index is 11.6. The van der Waals surface area contributed by atoms with Gasteiger partial charge in [-0.25, -0.2) is 13.1 Å². The number of rotatable bonds is 7. The van der Waals surface area contributed by atoms with Crippen LogP contribution in [-0.2, 0) is 14.8 Å². The SMILES string of the molecule is CC(C)(C)S(=O)(=O)NCCCCCC(=O)O. The molecular formula is C10H21NO4S. The maximum Gasteiger partial charge on any atom is 0.303 e. The molecule has 0 aliphatic heterocycles. The molecule has 0 radical (unpaired) electrons. The molecule has 0 aromatic heterocycles. The molecule has 0 saturated heterocycles.